The summed E-state index contributed by atoms with van der Waals surface area (Å²) in [5, 5.41) is 12.6. The molecule has 1 aromatic carbocycles. The van der Waals surface area contributed by atoms with Gasteiger partial charge < -0.3 is 24.0 Å². The topological polar surface area (TPSA) is 77.0 Å². The SMILES string of the molecule is CCOc1cc(C(=O)N2CCN(c3nnc(-c4cccs4)s3)CC2)cc(OCC)c1OCC. The molecule has 1 saturated heterocycles. The third kappa shape index (κ3) is 5.22. The second-order valence-corrected chi connectivity index (χ2v) is 9.15. The van der Waals surface area contributed by atoms with E-state index in [-0.39, 0.29) is 5.91 Å². The van der Waals surface area contributed by atoms with Crippen LogP contribution in [0.5, 0.6) is 17.2 Å². The van der Waals surface area contributed by atoms with Crippen molar-refractivity contribution < 1.29 is 19.0 Å². The van der Waals surface area contributed by atoms with Gasteiger partial charge in [0.1, 0.15) is 0 Å². The normalized spacial score (nSPS) is 13.8. The van der Waals surface area contributed by atoms with Crippen LogP contribution < -0.4 is 19.1 Å². The molecule has 0 N–H and O–H groups in total. The number of ether oxygens (including phenoxy) is 3. The molecule has 33 heavy (non-hydrogen) atoms. The lowest BCUT2D eigenvalue weighted by Gasteiger charge is -2.34. The third-order valence-electron chi connectivity index (χ3n) is 5.14. The van der Waals surface area contributed by atoms with Gasteiger partial charge in [-0.1, -0.05) is 17.4 Å². The van der Waals surface area contributed by atoms with E-state index >= 15 is 0 Å². The van der Waals surface area contributed by atoms with Crippen molar-refractivity contribution in [1.82, 2.24) is 15.1 Å². The molecule has 3 aromatic rings. The summed E-state index contributed by atoms with van der Waals surface area (Å²) in [5.41, 5.74) is 0.537. The van der Waals surface area contributed by atoms with Gasteiger partial charge in [0.05, 0.1) is 24.7 Å². The van der Waals surface area contributed by atoms with Gasteiger partial charge in [0.15, 0.2) is 16.5 Å². The van der Waals surface area contributed by atoms with E-state index in [1.807, 2.05) is 37.1 Å². The summed E-state index contributed by atoms with van der Waals surface area (Å²) < 4.78 is 17.3. The zero-order valence-electron chi connectivity index (χ0n) is 19.1. The Kier molecular flexibility index (Phi) is 7.66. The number of anilines is 1. The van der Waals surface area contributed by atoms with Crippen LogP contribution in [0.1, 0.15) is 31.1 Å². The van der Waals surface area contributed by atoms with Crippen molar-refractivity contribution in [2.24, 2.45) is 0 Å². The number of aromatic nitrogens is 2. The maximum atomic E-state index is 13.3. The average molecular weight is 489 g/mol. The smallest absolute Gasteiger partial charge is 0.254 e. The van der Waals surface area contributed by atoms with Crippen molar-refractivity contribution >= 4 is 33.7 Å². The number of carbonyl (C=O) groups is 1. The Hall–Kier alpha value is -2.85. The Labute approximate surface area is 201 Å². The highest BCUT2D eigenvalue weighted by Gasteiger charge is 2.26. The molecule has 1 amide bonds. The van der Waals surface area contributed by atoms with Crippen LogP contribution in [0.25, 0.3) is 9.88 Å². The molecule has 0 aliphatic carbocycles. The van der Waals surface area contributed by atoms with Crippen molar-refractivity contribution in [2.45, 2.75) is 20.8 Å². The maximum absolute atomic E-state index is 13.3. The van der Waals surface area contributed by atoms with Crippen molar-refractivity contribution in [3.05, 3.63) is 35.2 Å². The maximum Gasteiger partial charge on any atom is 0.254 e. The Morgan fingerprint density at radius 1 is 0.970 bits per heavy atom. The summed E-state index contributed by atoms with van der Waals surface area (Å²) in [6, 6.07) is 7.57. The first-order chi connectivity index (χ1) is 16.1. The van der Waals surface area contributed by atoms with E-state index in [1.165, 1.54) is 0 Å². The standard InChI is InChI=1S/C23H28N4O4S2/c1-4-29-17-14-16(15-18(30-5-2)20(17)31-6-3)22(28)26-9-11-27(12-10-26)23-25-24-21(33-23)19-8-7-13-32-19/h7-8,13-15H,4-6,9-12H2,1-3H3. The Morgan fingerprint density at radius 3 is 2.21 bits per heavy atom. The number of thiophene rings is 1. The fraction of sp³-hybridized carbons (Fsp3) is 0.435. The Morgan fingerprint density at radius 2 is 1.64 bits per heavy atom. The number of amides is 1. The van der Waals surface area contributed by atoms with E-state index in [9.17, 15) is 4.79 Å². The molecule has 2 aromatic heterocycles. The Bertz CT molecular complexity index is 1040. The molecule has 1 fully saturated rings. The number of piperazine rings is 1. The van der Waals surface area contributed by atoms with Crippen molar-refractivity contribution in [3.63, 3.8) is 0 Å². The zero-order valence-corrected chi connectivity index (χ0v) is 20.7. The molecule has 0 bridgehead atoms. The van der Waals surface area contributed by atoms with E-state index in [0.717, 1.165) is 15.0 Å². The monoisotopic (exact) mass is 488 g/mol. The highest BCUT2D eigenvalue weighted by molar-refractivity contribution is 7.22. The fourth-order valence-corrected chi connectivity index (χ4v) is 5.33. The molecule has 1 aliphatic heterocycles. The number of benzene rings is 1. The number of hydrogen-bond acceptors (Lipinski definition) is 9. The molecular weight excluding hydrogens is 460 g/mol. The summed E-state index contributed by atoms with van der Waals surface area (Å²) >= 11 is 3.25. The van der Waals surface area contributed by atoms with Crippen LogP contribution in [0.4, 0.5) is 5.13 Å². The fourth-order valence-electron chi connectivity index (χ4n) is 3.64. The minimum absolute atomic E-state index is 0.0452. The van der Waals surface area contributed by atoms with Gasteiger partial charge in [-0.2, -0.15) is 0 Å². The molecule has 0 spiro atoms. The van der Waals surface area contributed by atoms with Crippen LogP contribution in [-0.4, -0.2) is 67.0 Å². The lowest BCUT2D eigenvalue weighted by atomic mass is 10.1. The van der Waals surface area contributed by atoms with Crippen LogP contribution >= 0.6 is 22.7 Å². The molecule has 10 heteroatoms. The van der Waals surface area contributed by atoms with Gasteiger partial charge >= 0.3 is 0 Å². The molecule has 1 aliphatic rings. The number of carbonyl (C=O) groups excluding carboxylic acids is 1. The highest BCUT2D eigenvalue weighted by atomic mass is 32.1. The minimum atomic E-state index is -0.0452. The third-order valence-corrected chi connectivity index (χ3v) is 7.16. The number of hydrogen-bond donors (Lipinski definition) is 0. The van der Waals surface area contributed by atoms with Gasteiger partial charge in [0.2, 0.25) is 10.9 Å². The lowest BCUT2D eigenvalue weighted by molar-refractivity contribution is 0.0745. The van der Waals surface area contributed by atoms with Gasteiger partial charge in [0, 0.05) is 31.7 Å². The number of rotatable bonds is 9. The molecule has 0 atom stereocenters. The van der Waals surface area contributed by atoms with E-state index in [1.54, 1.807) is 34.8 Å². The lowest BCUT2D eigenvalue weighted by Crippen LogP contribution is -2.48. The zero-order chi connectivity index (χ0) is 23.2. The second kappa shape index (κ2) is 10.8. The van der Waals surface area contributed by atoms with Crippen LogP contribution in [0.2, 0.25) is 0 Å². The quantitative estimate of drug-likeness (QED) is 0.441. The minimum Gasteiger partial charge on any atom is -0.490 e. The van der Waals surface area contributed by atoms with Gasteiger partial charge in [-0.25, -0.2) is 0 Å². The summed E-state index contributed by atoms with van der Waals surface area (Å²) in [6.07, 6.45) is 0. The highest BCUT2D eigenvalue weighted by Crippen LogP contribution is 2.39. The van der Waals surface area contributed by atoms with E-state index < -0.39 is 0 Å². The number of nitrogens with zero attached hydrogens (tertiary/aromatic N) is 4. The molecular formula is C23H28N4O4S2. The van der Waals surface area contributed by atoms with Crippen LogP contribution in [0, 0.1) is 0 Å². The second-order valence-electron chi connectivity index (χ2n) is 7.25. The van der Waals surface area contributed by atoms with Gasteiger partial charge in [-0.05, 0) is 44.4 Å². The van der Waals surface area contributed by atoms with Gasteiger partial charge in [0.25, 0.3) is 5.91 Å². The first kappa shape index (κ1) is 23.3. The molecule has 4 rings (SSSR count). The largest absolute Gasteiger partial charge is 0.490 e. The molecule has 0 saturated carbocycles. The molecule has 0 unspecified atom stereocenters. The molecule has 0 radical (unpaired) electrons. The van der Waals surface area contributed by atoms with Gasteiger partial charge in [-0.15, -0.1) is 21.5 Å². The van der Waals surface area contributed by atoms with Crippen molar-refractivity contribution in [2.75, 3.05) is 50.9 Å². The van der Waals surface area contributed by atoms with E-state index in [0.29, 0.717) is 68.8 Å². The molecule has 3 heterocycles. The van der Waals surface area contributed by atoms with Crippen LogP contribution in [0.15, 0.2) is 29.6 Å². The van der Waals surface area contributed by atoms with E-state index in [4.69, 9.17) is 14.2 Å². The predicted molar refractivity (Wildman–Crippen MR) is 131 cm³/mol. The summed E-state index contributed by atoms with van der Waals surface area (Å²) in [7, 11) is 0. The predicted octanol–water partition coefficient (Wildman–Crippen LogP) is 4.43. The first-order valence-electron chi connectivity index (χ1n) is 11.1. The first-order valence-corrected chi connectivity index (χ1v) is 12.8. The van der Waals surface area contributed by atoms with Crippen LogP contribution in [-0.2, 0) is 0 Å². The van der Waals surface area contributed by atoms with Crippen molar-refractivity contribution in [1.29, 1.82) is 0 Å². The Balaban J connectivity index is 1.47. The van der Waals surface area contributed by atoms with Crippen molar-refractivity contribution in [3.8, 4) is 27.1 Å². The van der Waals surface area contributed by atoms with Gasteiger partial charge in [-0.3, -0.25) is 4.79 Å². The summed E-state index contributed by atoms with van der Waals surface area (Å²) in [4.78, 5) is 18.5. The summed E-state index contributed by atoms with van der Waals surface area (Å²) in [6.45, 7) is 9.76. The molecule has 176 valence electrons. The van der Waals surface area contributed by atoms with Crippen LogP contribution in [0.3, 0.4) is 0 Å². The average Bonchev–Trinajstić information content (AvgIpc) is 3.53. The summed E-state index contributed by atoms with van der Waals surface area (Å²) in [5.74, 6) is 1.56. The molecule has 8 nitrogen and oxygen atoms in total. The van der Waals surface area contributed by atoms with E-state index in [2.05, 4.69) is 21.2 Å².